The molecule has 1 aromatic heterocycles. The molecule has 30 heavy (non-hydrogen) atoms. The number of carbonyl (C=O) groups excluding carboxylic acids is 2. The lowest BCUT2D eigenvalue weighted by atomic mass is 9.86. The fourth-order valence-corrected chi connectivity index (χ4v) is 4.62. The zero-order valence-corrected chi connectivity index (χ0v) is 17.2. The Balaban J connectivity index is 1.29. The normalized spacial score (nSPS) is 18.4. The first kappa shape index (κ1) is 20.6. The van der Waals surface area contributed by atoms with E-state index in [2.05, 4.69) is 15.5 Å². The predicted octanol–water partition coefficient (Wildman–Crippen LogP) is 4.48. The number of nitrogens with one attached hydrogen (secondary N) is 2. The fraction of sp³-hybridized carbons (Fsp3) is 0.522. The average Bonchev–Trinajstić information content (AvgIpc) is 3.27. The Morgan fingerprint density at radius 2 is 1.83 bits per heavy atom. The van der Waals surface area contributed by atoms with Crippen LogP contribution >= 0.6 is 0 Å². The predicted molar refractivity (Wildman–Crippen MR) is 113 cm³/mol. The van der Waals surface area contributed by atoms with E-state index in [1.807, 2.05) is 4.90 Å². The number of benzene rings is 1. The Morgan fingerprint density at radius 1 is 1.10 bits per heavy atom. The van der Waals surface area contributed by atoms with Crippen molar-refractivity contribution in [1.29, 1.82) is 0 Å². The number of aromatic nitrogens is 2. The molecule has 160 valence electrons. The second-order valence-electron chi connectivity index (χ2n) is 8.51. The molecule has 1 aliphatic heterocycles. The first-order valence-electron chi connectivity index (χ1n) is 11.0. The molecule has 6 nitrogen and oxygen atoms in total. The van der Waals surface area contributed by atoms with Gasteiger partial charge in [0.15, 0.2) is 5.69 Å². The third kappa shape index (κ3) is 4.89. The van der Waals surface area contributed by atoms with Crippen molar-refractivity contribution in [3.63, 3.8) is 0 Å². The maximum atomic E-state index is 13.7. The summed E-state index contributed by atoms with van der Waals surface area (Å²) in [5, 5.41) is 9.62. The molecule has 0 spiro atoms. The van der Waals surface area contributed by atoms with Gasteiger partial charge in [0.1, 0.15) is 5.82 Å². The lowest BCUT2D eigenvalue weighted by Gasteiger charge is -2.33. The van der Waals surface area contributed by atoms with Gasteiger partial charge >= 0.3 is 0 Å². The van der Waals surface area contributed by atoms with Crippen LogP contribution in [0.15, 0.2) is 30.3 Å². The van der Waals surface area contributed by atoms with E-state index >= 15 is 0 Å². The van der Waals surface area contributed by atoms with Crippen molar-refractivity contribution in [2.45, 2.75) is 57.3 Å². The molecule has 0 bridgehead atoms. The zero-order valence-electron chi connectivity index (χ0n) is 17.2. The van der Waals surface area contributed by atoms with Crippen LogP contribution in [0.4, 0.5) is 10.1 Å². The van der Waals surface area contributed by atoms with Gasteiger partial charge in [0.05, 0.1) is 5.69 Å². The summed E-state index contributed by atoms with van der Waals surface area (Å²) < 4.78 is 13.7. The van der Waals surface area contributed by atoms with Gasteiger partial charge in [-0.25, -0.2) is 4.39 Å². The van der Waals surface area contributed by atoms with Crippen LogP contribution in [0.5, 0.6) is 0 Å². The van der Waals surface area contributed by atoms with Crippen LogP contribution in [0.2, 0.25) is 0 Å². The molecule has 0 unspecified atom stereocenters. The van der Waals surface area contributed by atoms with Gasteiger partial charge in [0.2, 0.25) is 5.91 Å². The van der Waals surface area contributed by atoms with Crippen LogP contribution in [-0.2, 0) is 4.79 Å². The first-order valence-corrected chi connectivity index (χ1v) is 11.0. The molecule has 2 aliphatic rings. The van der Waals surface area contributed by atoms with Crippen LogP contribution in [0.3, 0.4) is 0 Å². The molecule has 1 aromatic carbocycles. The number of nitrogens with zero attached hydrogens (tertiary/aromatic N) is 2. The summed E-state index contributed by atoms with van der Waals surface area (Å²) in [4.78, 5) is 27.0. The lowest BCUT2D eigenvalue weighted by molar-refractivity contribution is -0.133. The van der Waals surface area contributed by atoms with Crippen molar-refractivity contribution >= 4 is 17.5 Å². The van der Waals surface area contributed by atoms with Crippen LogP contribution < -0.4 is 5.32 Å². The van der Waals surface area contributed by atoms with Crippen molar-refractivity contribution in [2.75, 3.05) is 18.4 Å². The second kappa shape index (κ2) is 9.41. The number of H-pyrrole nitrogens is 1. The number of likely N-dealkylation sites (tertiary alicyclic amines) is 1. The number of aromatic amines is 1. The molecule has 2 heterocycles. The van der Waals surface area contributed by atoms with Crippen molar-refractivity contribution in [2.24, 2.45) is 5.92 Å². The molecule has 1 saturated carbocycles. The Hall–Kier alpha value is -2.70. The van der Waals surface area contributed by atoms with Crippen molar-refractivity contribution in [3.8, 4) is 0 Å². The number of hydrogen-bond donors (Lipinski definition) is 2. The smallest absolute Gasteiger partial charge is 0.276 e. The Kier molecular flexibility index (Phi) is 6.45. The van der Waals surface area contributed by atoms with Gasteiger partial charge < -0.3 is 10.2 Å². The SMILES string of the molecule is O=C(Nc1ccccc1F)c1cc(C2CCN(C(=O)CC3CCCCC3)CC2)[nH]n1. The van der Waals surface area contributed by atoms with Gasteiger partial charge in [-0.05, 0) is 49.8 Å². The topological polar surface area (TPSA) is 78.1 Å². The molecule has 1 saturated heterocycles. The summed E-state index contributed by atoms with van der Waals surface area (Å²) in [6.45, 7) is 1.48. The summed E-state index contributed by atoms with van der Waals surface area (Å²) in [6, 6.07) is 7.79. The molecule has 7 heteroatoms. The highest BCUT2D eigenvalue weighted by Crippen LogP contribution is 2.30. The number of rotatable bonds is 5. The minimum atomic E-state index is -0.480. The number of amides is 2. The number of halogens is 1. The van der Waals surface area contributed by atoms with Crippen molar-refractivity contribution in [3.05, 3.63) is 47.5 Å². The molecule has 2 fully saturated rings. The highest BCUT2D eigenvalue weighted by Gasteiger charge is 2.27. The standard InChI is InChI=1S/C23H29FN4O2/c24-18-8-4-5-9-19(18)25-23(30)21-15-20(26-27-21)17-10-12-28(13-11-17)22(29)14-16-6-2-1-3-7-16/h4-5,8-9,15-17H,1-3,6-7,10-14H2,(H,25,30)(H,26,27). The summed E-state index contributed by atoms with van der Waals surface area (Å²) in [5.41, 5.74) is 1.27. The molecule has 2 amide bonds. The Bertz CT molecular complexity index is 883. The van der Waals surface area contributed by atoms with Crippen LogP contribution in [0.1, 0.15) is 73.5 Å². The molecule has 1 aliphatic carbocycles. The summed E-state index contributed by atoms with van der Waals surface area (Å²) in [6.07, 6.45) is 8.59. The zero-order chi connectivity index (χ0) is 20.9. The first-order chi connectivity index (χ1) is 14.6. The van der Waals surface area contributed by atoms with Crippen LogP contribution in [-0.4, -0.2) is 40.0 Å². The van der Waals surface area contributed by atoms with Gasteiger partial charge in [-0.2, -0.15) is 5.10 Å². The third-order valence-corrected chi connectivity index (χ3v) is 6.43. The van der Waals surface area contributed by atoms with Crippen molar-refractivity contribution in [1.82, 2.24) is 15.1 Å². The molecular formula is C23H29FN4O2. The quantitative estimate of drug-likeness (QED) is 0.760. The Morgan fingerprint density at radius 3 is 2.57 bits per heavy atom. The third-order valence-electron chi connectivity index (χ3n) is 6.43. The van der Waals surface area contributed by atoms with E-state index in [0.29, 0.717) is 12.3 Å². The van der Waals surface area contributed by atoms with E-state index in [9.17, 15) is 14.0 Å². The molecule has 2 aromatic rings. The number of hydrogen-bond acceptors (Lipinski definition) is 3. The van der Waals surface area contributed by atoms with E-state index in [-0.39, 0.29) is 23.2 Å². The molecular weight excluding hydrogens is 383 g/mol. The highest BCUT2D eigenvalue weighted by molar-refractivity contribution is 6.02. The van der Waals surface area contributed by atoms with Crippen molar-refractivity contribution < 1.29 is 14.0 Å². The van der Waals surface area contributed by atoms with E-state index in [1.54, 1.807) is 18.2 Å². The van der Waals surface area contributed by atoms with Gasteiger partial charge in [-0.3, -0.25) is 14.7 Å². The number of carbonyl (C=O) groups is 2. The van der Waals surface area contributed by atoms with E-state index in [1.165, 1.54) is 44.2 Å². The van der Waals surface area contributed by atoms with Crippen LogP contribution in [0.25, 0.3) is 0 Å². The molecule has 2 N–H and O–H groups in total. The molecule has 0 radical (unpaired) electrons. The molecule has 4 rings (SSSR count). The van der Waals surface area contributed by atoms with E-state index in [0.717, 1.165) is 31.6 Å². The average molecular weight is 413 g/mol. The van der Waals surface area contributed by atoms with Gasteiger partial charge in [0, 0.05) is 31.1 Å². The maximum absolute atomic E-state index is 13.7. The largest absolute Gasteiger partial charge is 0.343 e. The minimum Gasteiger partial charge on any atom is -0.343 e. The Labute approximate surface area is 176 Å². The highest BCUT2D eigenvalue weighted by atomic mass is 19.1. The number of piperidine rings is 1. The summed E-state index contributed by atoms with van der Waals surface area (Å²) in [7, 11) is 0. The monoisotopic (exact) mass is 412 g/mol. The maximum Gasteiger partial charge on any atom is 0.276 e. The number of anilines is 1. The van der Waals surface area contributed by atoms with Gasteiger partial charge in [0.25, 0.3) is 5.91 Å². The molecule has 0 atom stereocenters. The number of para-hydroxylation sites is 1. The summed E-state index contributed by atoms with van der Waals surface area (Å²) in [5.74, 6) is 0.169. The lowest BCUT2D eigenvalue weighted by Crippen LogP contribution is -2.38. The van der Waals surface area contributed by atoms with Crippen LogP contribution in [0, 0.1) is 11.7 Å². The van der Waals surface area contributed by atoms with E-state index < -0.39 is 11.7 Å². The van der Waals surface area contributed by atoms with Gasteiger partial charge in [-0.15, -0.1) is 0 Å². The van der Waals surface area contributed by atoms with Gasteiger partial charge in [-0.1, -0.05) is 31.4 Å². The van der Waals surface area contributed by atoms with E-state index in [4.69, 9.17) is 0 Å². The fourth-order valence-electron chi connectivity index (χ4n) is 4.62. The summed E-state index contributed by atoms with van der Waals surface area (Å²) >= 11 is 0. The minimum absolute atomic E-state index is 0.136. The second-order valence-corrected chi connectivity index (χ2v) is 8.51.